The average Bonchev–Trinajstić information content (AvgIpc) is 3.10. The van der Waals surface area contributed by atoms with Crippen molar-refractivity contribution in [1.29, 1.82) is 0 Å². The molecule has 0 bridgehead atoms. The highest BCUT2D eigenvalue weighted by atomic mass is 17.4. The molecule has 0 saturated carbocycles. The van der Waals surface area contributed by atoms with Gasteiger partial charge in [-0.05, 0) is 24.2 Å². The normalized spacial score (nSPS) is 21.4. The first-order valence-electron chi connectivity index (χ1n) is 7.61. The zero-order valence-corrected chi connectivity index (χ0v) is 13.9. The number of aliphatic carboxylic acids is 1. The molecule has 0 spiro atoms. The van der Waals surface area contributed by atoms with E-state index in [0.717, 1.165) is 12.8 Å². The summed E-state index contributed by atoms with van der Waals surface area (Å²) in [5, 5.41) is 10.0. The van der Waals surface area contributed by atoms with Gasteiger partial charge in [0.1, 0.15) is 0 Å². The second-order valence-corrected chi connectivity index (χ2v) is 7.57. The maximum Gasteiger partial charge on any atom is 0.310 e. The first-order chi connectivity index (χ1) is 9.05. The molecule has 0 aliphatic carbocycles. The molecule has 1 saturated heterocycles. The summed E-state index contributed by atoms with van der Waals surface area (Å²) >= 11 is 0. The Morgan fingerprint density at radius 2 is 1.65 bits per heavy atom. The summed E-state index contributed by atoms with van der Waals surface area (Å²) in [6, 6.07) is 0. The third kappa shape index (κ3) is 2.73. The smallest absolute Gasteiger partial charge is 0.310 e. The minimum absolute atomic E-state index is 0.00463. The summed E-state index contributed by atoms with van der Waals surface area (Å²) in [6.45, 7) is 14.3. The summed E-state index contributed by atoms with van der Waals surface area (Å²) in [4.78, 5) is 22.3. The van der Waals surface area contributed by atoms with Gasteiger partial charge in [0.25, 0.3) is 0 Å². The standard InChI is InChI=1S/C16H30O4/c1-8-10-11(15(6,7)13-19-20-13)16(9-2,12(17)18)14(3,4)5/h11,13H,8-10H2,1-7H3,(H,17,18). The summed E-state index contributed by atoms with van der Waals surface area (Å²) in [5.41, 5.74) is -1.45. The molecule has 4 heteroatoms. The van der Waals surface area contributed by atoms with Crippen LogP contribution in [-0.4, -0.2) is 17.4 Å². The van der Waals surface area contributed by atoms with Gasteiger partial charge >= 0.3 is 5.97 Å². The summed E-state index contributed by atoms with van der Waals surface area (Å²) in [7, 11) is 0. The fourth-order valence-electron chi connectivity index (χ4n) is 3.90. The topological polar surface area (TPSA) is 62.4 Å². The number of carbonyl (C=O) groups is 1. The first-order valence-corrected chi connectivity index (χ1v) is 7.61. The van der Waals surface area contributed by atoms with Crippen molar-refractivity contribution in [3.63, 3.8) is 0 Å². The van der Waals surface area contributed by atoms with Crippen molar-refractivity contribution in [2.45, 2.75) is 74.0 Å². The second kappa shape index (κ2) is 5.64. The fourth-order valence-corrected chi connectivity index (χ4v) is 3.90. The van der Waals surface area contributed by atoms with E-state index in [4.69, 9.17) is 9.78 Å². The van der Waals surface area contributed by atoms with Gasteiger partial charge in [0.15, 0.2) is 0 Å². The van der Waals surface area contributed by atoms with Gasteiger partial charge in [-0.25, -0.2) is 0 Å². The molecule has 4 nitrogen and oxygen atoms in total. The van der Waals surface area contributed by atoms with Gasteiger partial charge < -0.3 is 5.11 Å². The van der Waals surface area contributed by atoms with Gasteiger partial charge in [-0.15, -0.1) is 0 Å². The Hall–Kier alpha value is -0.610. The van der Waals surface area contributed by atoms with Crippen molar-refractivity contribution in [2.75, 3.05) is 0 Å². The van der Waals surface area contributed by atoms with Gasteiger partial charge in [0.2, 0.25) is 6.29 Å². The summed E-state index contributed by atoms with van der Waals surface area (Å²) in [5.74, 6) is -0.713. The number of hydrogen-bond donors (Lipinski definition) is 1. The minimum Gasteiger partial charge on any atom is -0.481 e. The van der Waals surface area contributed by atoms with Crippen molar-refractivity contribution in [3.8, 4) is 0 Å². The van der Waals surface area contributed by atoms with E-state index in [2.05, 4.69) is 20.8 Å². The summed E-state index contributed by atoms with van der Waals surface area (Å²) < 4.78 is 0. The molecule has 1 rings (SSSR count). The maximum atomic E-state index is 12.2. The second-order valence-electron chi connectivity index (χ2n) is 7.57. The number of rotatable bonds is 7. The van der Waals surface area contributed by atoms with Crippen LogP contribution in [0.1, 0.15) is 67.7 Å². The zero-order chi connectivity index (χ0) is 15.8. The Kier molecular flexibility index (Phi) is 4.92. The molecule has 0 aromatic heterocycles. The number of carboxylic acids is 1. The molecule has 20 heavy (non-hydrogen) atoms. The Balaban J connectivity index is 3.35. The van der Waals surface area contributed by atoms with Gasteiger partial charge in [-0.2, -0.15) is 9.78 Å². The summed E-state index contributed by atoms with van der Waals surface area (Å²) in [6.07, 6.45) is 2.12. The molecule has 0 radical (unpaired) electrons. The molecule has 1 fully saturated rings. The van der Waals surface area contributed by atoms with Crippen LogP contribution in [-0.2, 0) is 14.6 Å². The van der Waals surface area contributed by atoms with Crippen LogP contribution in [0.25, 0.3) is 0 Å². The zero-order valence-electron chi connectivity index (χ0n) is 13.9. The SMILES string of the molecule is CCCC(C(C)(C)C1OO1)C(CC)(C(=O)O)C(C)(C)C. The minimum atomic E-state index is -0.790. The lowest BCUT2D eigenvalue weighted by atomic mass is 9.51. The molecule has 0 amide bonds. The molecule has 0 aromatic carbocycles. The predicted molar refractivity (Wildman–Crippen MR) is 78.0 cm³/mol. The van der Waals surface area contributed by atoms with E-state index in [9.17, 15) is 9.90 Å². The molecular weight excluding hydrogens is 256 g/mol. The highest BCUT2D eigenvalue weighted by Gasteiger charge is 2.61. The van der Waals surface area contributed by atoms with Crippen molar-refractivity contribution in [1.82, 2.24) is 0 Å². The highest BCUT2D eigenvalue weighted by molar-refractivity contribution is 5.76. The average molecular weight is 286 g/mol. The molecule has 1 N–H and O–H groups in total. The third-order valence-electron chi connectivity index (χ3n) is 5.15. The van der Waals surface area contributed by atoms with Crippen LogP contribution >= 0.6 is 0 Å². The van der Waals surface area contributed by atoms with E-state index in [1.165, 1.54) is 0 Å². The van der Waals surface area contributed by atoms with Crippen molar-refractivity contribution >= 4 is 5.97 Å². The van der Waals surface area contributed by atoms with Crippen LogP contribution < -0.4 is 0 Å². The molecule has 1 heterocycles. The van der Waals surface area contributed by atoms with E-state index in [1.54, 1.807) is 0 Å². The van der Waals surface area contributed by atoms with Gasteiger partial charge in [-0.3, -0.25) is 4.79 Å². The molecule has 2 atom stereocenters. The monoisotopic (exact) mass is 286 g/mol. The maximum absolute atomic E-state index is 12.2. The van der Waals surface area contributed by atoms with Crippen molar-refractivity contribution in [2.24, 2.45) is 22.2 Å². The Labute approximate surface area is 122 Å². The van der Waals surface area contributed by atoms with Crippen LogP contribution in [0.3, 0.4) is 0 Å². The van der Waals surface area contributed by atoms with E-state index < -0.39 is 11.4 Å². The van der Waals surface area contributed by atoms with Crippen LogP contribution in [0.5, 0.6) is 0 Å². The highest BCUT2D eigenvalue weighted by Crippen LogP contribution is 2.58. The van der Waals surface area contributed by atoms with Crippen LogP contribution in [0, 0.1) is 22.2 Å². The lowest BCUT2D eigenvalue weighted by Gasteiger charge is -2.51. The number of hydrogen-bond acceptors (Lipinski definition) is 3. The molecule has 118 valence electrons. The van der Waals surface area contributed by atoms with E-state index >= 15 is 0 Å². The lowest BCUT2D eigenvalue weighted by Crippen LogP contribution is -2.54. The van der Waals surface area contributed by atoms with Gasteiger partial charge in [0, 0.05) is 5.41 Å². The van der Waals surface area contributed by atoms with Crippen LogP contribution in [0.15, 0.2) is 0 Å². The Morgan fingerprint density at radius 1 is 1.15 bits per heavy atom. The quantitative estimate of drug-likeness (QED) is 0.561. The molecular formula is C16H30O4. The Morgan fingerprint density at radius 3 is 1.90 bits per heavy atom. The van der Waals surface area contributed by atoms with Crippen molar-refractivity contribution < 1.29 is 19.7 Å². The third-order valence-corrected chi connectivity index (χ3v) is 5.15. The van der Waals surface area contributed by atoms with E-state index in [1.807, 2.05) is 27.7 Å². The lowest BCUT2D eigenvalue weighted by molar-refractivity contribution is -0.171. The van der Waals surface area contributed by atoms with Crippen molar-refractivity contribution in [3.05, 3.63) is 0 Å². The van der Waals surface area contributed by atoms with Gasteiger partial charge in [-0.1, -0.05) is 54.9 Å². The molecule has 0 aromatic rings. The van der Waals surface area contributed by atoms with E-state index in [-0.39, 0.29) is 23.0 Å². The van der Waals surface area contributed by atoms with E-state index in [0.29, 0.717) is 6.42 Å². The predicted octanol–water partition coefficient (Wildman–Crippen LogP) is 4.24. The Bertz CT molecular complexity index is 352. The van der Waals surface area contributed by atoms with Crippen LogP contribution in [0.2, 0.25) is 0 Å². The molecule has 1 aliphatic heterocycles. The first kappa shape index (κ1) is 17.4. The van der Waals surface area contributed by atoms with Gasteiger partial charge in [0.05, 0.1) is 5.41 Å². The molecule has 1 aliphatic rings. The number of carboxylic acid groups (broad SMARTS) is 1. The largest absolute Gasteiger partial charge is 0.481 e. The fraction of sp³-hybridized carbons (Fsp3) is 0.938. The molecule has 2 unspecified atom stereocenters. The van der Waals surface area contributed by atoms with Crippen LogP contribution in [0.4, 0.5) is 0 Å².